The van der Waals surface area contributed by atoms with E-state index in [4.69, 9.17) is 34.0 Å². The van der Waals surface area contributed by atoms with Crippen molar-refractivity contribution in [1.82, 2.24) is 26.2 Å². The Morgan fingerprint density at radius 1 is 0.881 bits per heavy atom. The van der Waals surface area contributed by atoms with Crippen LogP contribution in [0.3, 0.4) is 0 Å². The van der Waals surface area contributed by atoms with Crippen molar-refractivity contribution in [3.8, 4) is 39.8 Å². The van der Waals surface area contributed by atoms with E-state index >= 15 is 0 Å². The number of likely N-dealkylation sites (N-methyl/N-ethyl adjacent to an activating group) is 1. The van der Waals surface area contributed by atoms with Crippen LogP contribution in [-0.4, -0.2) is 101 Å². The van der Waals surface area contributed by atoms with Gasteiger partial charge in [0.05, 0.1) is 33.0 Å². The number of nitriles is 1. The molecule has 0 aromatic heterocycles. The highest BCUT2D eigenvalue weighted by Crippen LogP contribution is 2.40. The molecule has 4 bridgehead atoms. The number of carbonyl (C=O) groups excluding carboxylic acids is 5. The molecule has 304 valence electrons. The fourth-order valence-corrected chi connectivity index (χ4v) is 6.53. The van der Waals surface area contributed by atoms with Crippen molar-refractivity contribution < 1.29 is 33.4 Å². The number of amides is 5. The van der Waals surface area contributed by atoms with Gasteiger partial charge in [0.15, 0.2) is 0 Å². The molecule has 8 N–H and O–H groups in total. The summed E-state index contributed by atoms with van der Waals surface area (Å²) < 4.78 is 12.1. The smallest absolute Gasteiger partial charge is 0.251 e. The van der Waals surface area contributed by atoms with Crippen LogP contribution in [0, 0.1) is 11.3 Å². The van der Waals surface area contributed by atoms with E-state index in [1.807, 2.05) is 48.5 Å². The zero-order valence-corrected chi connectivity index (χ0v) is 32.8. The number of ether oxygens (including phenoxy) is 2. The second kappa shape index (κ2) is 21.2. The van der Waals surface area contributed by atoms with Gasteiger partial charge in [0.1, 0.15) is 37.2 Å². The molecule has 15 nitrogen and oxygen atoms in total. The van der Waals surface area contributed by atoms with Crippen molar-refractivity contribution in [2.75, 3.05) is 53.0 Å². The number of carbonyl (C=O) groups is 5. The van der Waals surface area contributed by atoms with Crippen molar-refractivity contribution in [3.05, 3.63) is 107 Å². The summed E-state index contributed by atoms with van der Waals surface area (Å²) in [5, 5.41) is 19.8. The third-order valence-electron chi connectivity index (χ3n) is 9.56. The van der Waals surface area contributed by atoms with Gasteiger partial charge in [-0.25, -0.2) is 0 Å². The van der Waals surface area contributed by atoms with Crippen LogP contribution in [0.15, 0.2) is 84.9 Å². The number of nitrogens with two attached hydrogens (primary N) is 2. The van der Waals surface area contributed by atoms with E-state index in [0.29, 0.717) is 40.1 Å². The standard InChI is InChI=1S/C43H47BN8O7/c1-52(40(55)26-50-42(56)31-9-7-30(8-10-31)29-5-2-27(23-44)3-6-29)41-32-11-13-37(59-19-17-47)35(22-32)34-21-28(4-12-36(34)58-18-16-46)20-33(24-48-38(53)14-15-45)51-39(54)25-49-43(41)57/h2-13,21-22,33,41H,14,16-20,23-26,46-47H2,1H3,(H,48,53)(H,49,57)(H,50,56)(H,51,54). The van der Waals surface area contributed by atoms with Gasteiger partial charge in [0.2, 0.25) is 23.6 Å². The molecule has 2 radical (unpaired) electrons. The highest BCUT2D eigenvalue weighted by atomic mass is 16.5. The van der Waals surface area contributed by atoms with Crippen LogP contribution in [0.25, 0.3) is 22.3 Å². The molecule has 1 aliphatic heterocycles. The van der Waals surface area contributed by atoms with Crippen molar-refractivity contribution in [3.63, 3.8) is 0 Å². The second-order valence-corrected chi connectivity index (χ2v) is 13.8. The molecular formula is C43H47BN8O7. The maximum absolute atomic E-state index is 14.1. The largest absolute Gasteiger partial charge is 0.492 e. The first-order valence-corrected chi connectivity index (χ1v) is 19.1. The van der Waals surface area contributed by atoms with Crippen LogP contribution in [0.5, 0.6) is 11.5 Å². The predicted octanol–water partition coefficient (Wildman–Crippen LogP) is 1.48. The van der Waals surface area contributed by atoms with Gasteiger partial charge < -0.3 is 47.1 Å². The molecule has 0 saturated heterocycles. The molecule has 4 aromatic rings. The topological polar surface area (TPSA) is 231 Å². The number of hydrogen-bond acceptors (Lipinski definition) is 10. The molecule has 16 heteroatoms. The predicted molar refractivity (Wildman–Crippen MR) is 222 cm³/mol. The summed E-state index contributed by atoms with van der Waals surface area (Å²) in [7, 11) is 7.14. The fraction of sp³-hybridized carbons (Fsp3) is 0.302. The van der Waals surface area contributed by atoms with Gasteiger partial charge in [-0.2, -0.15) is 5.26 Å². The lowest BCUT2D eigenvalue weighted by atomic mass is 9.94. The Morgan fingerprint density at radius 2 is 1.51 bits per heavy atom. The summed E-state index contributed by atoms with van der Waals surface area (Å²) >= 11 is 0. The lowest BCUT2D eigenvalue weighted by Crippen LogP contribution is -2.50. The van der Waals surface area contributed by atoms with Crippen LogP contribution in [-0.2, 0) is 31.9 Å². The normalized spacial score (nSPS) is 15.0. The van der Waals surface area contributed by atoms with E-state index in [2.05, 4.69) is 21.3 Å². The average molecular weight is 799 g/mol. The molecule has 0 fully saturated rings. The SMILES string of the molecule is [B]Cc1ccc(-c2ccc(C(=O)NCC(=O)N(C)C3C(=O)NCC(=O)NC(CNC(=O)CC#N)Cc4ccc(OCCN)c(c4)-c4cc3ccc4OCCN)cc2)cc1. The third-order valence-corrected chi connectivity index (χ3v) is 9.56. The molecule has 2 atom stereocenters. The zero-order valence-electron chi connectivity index (χ0n) is 32.8. The second-order valence-electron chi connectivity index (χ2n) is 13.8. The van der Waals surface area contributed by atoms with Gasteiger partial charge in [0, 0.05) is 43.4 Å². The number of nitrogens with one attached hydrogen (secondary N) is 4. The summed E-state index contributed by atoms with van der Waals surface area (Å²) in [6.07, 6.45) is 0.337. The molecular weight excluding hydrogens is 751 g/mol. The van der Waals surface area contributed by atoms with Gasteiger partial charge in [-0.1, -0.05) is 60.4 Å². The summed E-state index contributed by atoms with van der Waals surface area (Å²) in [4.78, 5) is 67.7. The average Bonchev–Trinajstić information content (AvgIpc) is 3.25. The minimum absolute atomic E-state index is 0.0000573. The maximum Gasteiger partial charge on any atom is 0.251 e. The number of hydrogen-bond donors (Lipinski definition) is 6. The molecule has 0 spiro atoms. The molecule has 5 rings (SSSR count). The van der Waals surface area contributed by atoms with Gasteiger partial charge in [-0.05, 0) is 65.1 Å². The molecule has 59 heavy (non-hydrogen) atoms. The quantitative estimate of drug-likeness (QED) is 0.0949. The van der Waals surface area contributed by atoms with Gasteiger partial charge in [-0.3, -0.25) is 24.0 Å². The van der Waals surface area contributed by atoms with E-state index in [1.165, 1.54) is 11.9 Å². The van der Waals surface area contributed by atoms with Gasteiger partial charge in [0.25, 0.3) is 5.91 Å². The lowest BCUT2D eigenvalue weighted by Gasteiger charge is -2.29. The van der Waals surface area contributed by atoms with Crippen molar-refractivity contribution in [2.45, 2.75) is 31.2 Å². The van der Waals surface area contributed by atoms with Crippen LogP contribution < -0.4 is 42.2 Å². The highest BCUT2D eigenvalue weighted by molar-refractivity contribution is 6.08. The molecule has 5 amide bonds. The molecule has 4 aromatic carbocycles. The summed E-state index contributed by atoms with van der Waals surface area (Å²) in [5.74, 6) is -1.94. The molecule has 0 saturated carbocycles. The fourth-order valence-electron chi connectivity index (χ4n) is 6.53. The summed E-state index contributed by atoms with van der Waals surface area (Å²) in [5.41, 5.74) is 17.0. The minimum atomic E-state index is -1.28. The number of fused-ring (bicyclic) bond motifs is 5. The van der Waals surface area contributed by atoms with Gasteiger partial charge in [-0.15, -0.1) is 0 Å². The first-order chi connectivity index (χ1) is 28.5. The monoisotopic (exact) mass is 798 g/mol. The molecule has 2 unspecified atom stereocenters. The maximum atomic E-state index is 14.1. The van der Waals surface area contributed by atoms with E-state index in [0.717, 1.165) is 22.3 Å². The third kappa shape index (κ3) is 11.7. The highest BCUT2D eigenvalue weighted by Gasteiger charge is 2.31. The Kier molecular flexibility index (Phi) is 15.6. The Balaban J connectivity index is 1.46. The number of benzene rings is 4. The van der Waals surface area contributed by atoms with Gasteiger partial charge >= 0.3 is 0 Å². The first kappa shape index (κ1) is 43.4. The Labute approximate surface area is 344 Å². The Morgan fingerprint density at radius 3 is 2.14 bits per heavy atom. The van der Waals surface area contributed by atoms with Crippen molar-refractivity contribution in [2.24, 2.45) is 11.5 Å². The number of rotatable bonds is 15. The van der Waals surface area contributed by atoms with Crippen molar-refractivity contribution in [1.29, 1.82) is 5.26 Å². The van der Waals surface area contributed by atoms with Crippen LogP contribution >= 0.6 is 0 Å². The lowest BCUT2D eigenvalue weighted by molar-refractivity contribution is -0.139. The van der Waals surface area contributed by atoms with E-state index in [-0.39, 0.29) is 45.7 Å². The molecule has 0 aliphatic carbocycles. The van der Waals surface area contributed by atoms with Crippen LogP contribution in [0.4, 0.5) is 0 Å². The summed E-state index contributed by atoms with van der Waals surface area (Å²) in [6.45, 7) is -0.0760. The number of nitrogens with zero attached hydrogens (tertiary/aromatic N) is 2. The van der Waals surface area contributed by atoms with Crippen LogP contribution in [0.2, 0.25) is 0 Å². The Hall–Kier alpha value is -6.70. The van der Waals surface area contributed by atoms with E-state index in [9.17, 15) is 24.0 Å². The first-order valence-electron chi connectivity index (χ1n) is 19.1. The van der Waals surface area contributed by atoms with E-state index in [1.54, 1.807) is 42.5 Å². The van der Waals surface area contributed by atoms with Crippen molar-refractivity contribution >= 4 is 37.4 Å². The minimum Gasteiger partial charge on any atom is -0.492 e. The van der Waals surface area contributed by atoms with E-state index < -0.39 is 54.7 Å². The molecule has 1 heterocycles. The Bertz CT molecular complexity index is 2180. The summed E-state index contributed by atoms with van der Waals surface area (Å²) in [6, 6.07) is 25.1. The van der Waals surface area contributed by atoms with Crippen LogP contribution in [0.1, 0.15) is 39.5 Å². The molecule has 1 aliphatic rings. The zero-order chi connectivity index (χ0) is 42.3.